The second-order valence-corrected chi connectivity index (χ2v) is 11.7. The molecular formula is C23H28F2N6O2S. The van der Waals surface area contributed by atoms with Crippen molar-refractivity contribution in [2.24, 2.45) is 17.8 Å². The van der Waals surface area contributed by atoms with Gasteiger partial charge in [0, 0.05) is 16.4 Å². The molecule has 0 aromatic carbocycles. The molecular weight excluding hydrogens is 462 g/mol. The zero-order valence-electron chi connectivity index (χ0n) is 19.2. The molecule has 0 unspecified atom stereocenters. The van der Waals surface area contributed by atoms with Crippen molar-refractivity contribution in [3.8, 4) is 0 Å². The Balaban J connectivity index is 1.77. The number of pyridine rings is 1. The van der Waals surface area contributed by atoms with Crippen molar-refractivity contribution in [3.05, 3.63) is 35.3 Å². The number of hydrogen-bond donors (Lipinski definition) is 4. The minimum Gasteiger partial charge on any atom is -0.481 e. The highest BCUT2D eigenvalue weighted by Crippen LogP contribution is 2.46. The highest BCUT2D eigenvalue weighted by Gasteiger charge is 2.47. The first-order valence-corrected chi connectivity index (χ1v) is 12.0. The van der Waals surface area contributed by atoms with Crippen molar-refractivity contribution in [1.82, 2.24) is 15.0 Å². The van der Waals surface area contributed by atoms with E-state index in [1.54, 1.807) is 0 Å². The van der Waals surface area contributed by atoms with Crippen LogP contribution >= 0.6 is 11.8 Å². The summed E-state index contributed by atoms with van der Waals surface area (Å²) in [5, 5.41) is 21.5. The van der Waals surface area contributed by atoms with E-state index in [4.69, 9.17) is 11.1 Å². The van der Waals surface area contributed by atoms with Gasteiger partial charge in [-0.3, -0.25) is 10.2 Å². The first-order chi connectivity index (χ1) is 15.9. The Morgan fingerprint density at radius 1 is 1.21 bits per heavy atom. The Morgan fingerprint density at radius 3 is 2.47 bits per heavy atom. The van der Waals surface area contributed by atoms with Crippen molar-refractivity contribution >= 4 is 35.1 Å². The van der Waals surface area contributed by atoms with Gasteiger partial charge in [0.2, 0.25) is 0 Å². The van der Waals surface area contributed by atoms with E-state index in [9.17, 15) is 14.3 Å². The monoisotopic (exact) mass is 490 g/mol. The summed E-state index contributed by atoms with van der Waals surface area (Å²) < 4.78 is 29.0. The second kappa shape index (κ2) is 9.09. The maximum absolute atomic E-state index is 15.6. The molecule has 5 N–H and O–H groups in total. The fourth-order valence-corrected chi connectivity index (χ4v) is 5.83. The number of carbonyl (C=O) groups is 1. The average Bonchev–Trinajstić information content (AvgIpc) is 2.77. The molecule has 3 aliphatic rings. The summed E-state index contributed by atoms with van der Waals surface area (Å²) >= 11 is 1.16. The fourth-order valence-electron chi connectivity index (χ4n) is 4.93. The van der Waals surface area contributed by atoms with Crippen LogP contribution in [-0.4, -0.2) is 42.5 Å². The molecule has 8 nitrogen and oxygen atoms in total. The second-order valence-electron chi connectivity index (χ2n) is 9.90. The fraction of sp³-hybridized carbons (Fsp3) is 0.522. The number of anilines is 2. The van der Waals surface area contributed by atoms with Crippen LogP contribution in [0.1, 0.15) is 57.8 Å². The third-order valence-electron chi connectivity index (χ3n) is 6.41. The highest BCUT2D eigenvalue weighted by molar-refractivity contribution is 8.00. The number of hydrogen-bond acceptors (Lipinski definition) is 8. The van der Waals surface area contributed by atoms with E-state index in [2.05, 4.69) is 20.3 Å². The number of fused-ring (bicyclic) bond motifs is 3. The third-order valence-corrected chi connectivity index (χ3v) is 7.49. The Labute approximate surface area is 200 Å². The van der Waals surface area contributed by atoms with Gasteiger partial charge in [-0.25, -0.2) is 19.3 Å². The number of rotatable bonds is 6. The summed E-state index contributed by atoms with van der Waals surface area (Å²) in [6.07, 6.45) is 4.38. The molecule has 5 rings (SSSR count). The zero-order chi connectivity index (χ0) is 24.8. The topological polar surface area (TPSA) is 138 Å². The number of nitrogens with one attached hydrogen (secondary N) is 2. The lowest BCUT2D eigenvalue weighted by molar-refractivity contribution is -0.148. The van der Waals surface area contributed by atoms with Crippen molar-refractivity contribution in [2.45, 2.75) is 62.3 Å². The molecule has 3 fully saturated rings. The summed E-state index contributed by atoms with van der Waals surface area (Å²) in [7, 11) is 0. The predicted octanol–water partition coefficient (Wildman–Crippen LogP) is 4.34. The number of nitrogen functional groups attached to an aromatic ring is 1. The molecule has 2 aromatic rings. The normalized spacial score (nSPS) is 24.1. The molecule has 3 aliphatic carbocycles. The maximum Gasteiger partial charge on any atom is 0.308 e. The van der Waals surface area contributed by atoms with E-state index in [1.807, 2.05) is 20.8 Å². The summed E-state index contributed by atoms with van der Waals surface area (Å²) in [4.78, 5) is 24.3. The van der Waals surface area contributed by atoms with Crippen LogP contribution in [0.5, 0.6) is 0 Å². The first-order valence-electron chi connectivity index (χ1n) is 11.2. The minimum absolute atomic E-state index is 0.00981. The van der Waals surface area contributed by atoms with Crippen LogP contribution in [0.3, 0.4) is 0 Å². The molecule has 0 spiro atoms. The number of nitrogens with two attached hydrogens (primary N) is 1. The van der Waals surface area contributed by atoms with Crippen molar-refractivity contribution in [1.29, 1.82) is 5.41 Å². The van der Waals surface area contributed by atoms with Crippen molar-refractivity contribution in [3.63, 3.8) is 0 Å². The molecule has 3 saturated carbocycles. The van der Waals surface area contributed by atoms with E-state index in [0.717, 1.165) is 49.7 Å². The summed E-state index contributed by atoms with van der Waals surface area (Å²) in [5.41, 5.74) is 5.53. The lowest BCUT2D eigenvalue weighted by Crippen LogP contribution is -2.51. The van der Waals surface area contributed by atoms with Crippen molar-refractivity contribution in [2.75, 3.05) is 11.1 Å². The van der Waals surface area contributed by atoms with Crippen LogP contribution in [0.4, 0.5) is 20.4 Å². The quantitative estimate of drug-likeness (QED) is 0.267. The summed E-state index contributed by atoms with van der Waals surface area (Å²) in [6, 6.07) is 0.576. The van der Waals surface area contributed by atoms with Crippen LogP contribution in [0.2, 0.25) is 0 Å². The summed E-state index contributed by atoms with van der Waals surface area (Å²) in [5.74, 6) is -3.20. The number of halogens is 2. The molecule has 2 aromatic heterocycles. The van der Waals surface area contributed by atoms with Gasteiger partial charge in [-0.05, 0) is 43.6 Å². The lowest BCUT2D eigenvalue weighted by Gasteiger charge is -2.47. The number of thioether (sulfide) groups is 1. The molecule has 11 heteroatoms. The van der Waals surface area contributed by atoms with Crippen LogP contribution in [0.15, 0.2) is 17.3 Å². The number of carboxylic acids is 1. The van der Waals surface area contributed by atoms with Gasteiger partial charge in [0.1, 0.15) is 22.4 Å². The van der Waals surface area contributed by atoms with Crippen LogP contribution in [-0.2, 0) is 4.79 Å². The van der Waals surface area contributed by atoms with Crippen LogP contribution < -0.4 is 11.1 Å². The Morgan fingerprint density at radius 2 is 1.85 bits per heavy atom. The van der Waals surface area contributed by atoms with Gasteiger partial charge in [-0.1, -0.05) is 32.5 Å². The number of nitrogens with zero attached hydrogens (tertiary/aromatic N) is 3. The Kier molecular flexibility index (Phi) is 6.50. The molecule has 34 heavy (non-hydrogen) atoms. The largest absolute Gasteiger partial charge is 0.481 e. The van der Waals surface area contributed by atoms with Gasteiger partial charge in [0.25, 0.3) is 0 Å². The lowest BCUT2D eigenvalue weighted by atomic mass is 9.61. The van der Waals surface area contributed by atoms with Gasteiger partial charge in [0.05, 0.1) is 12.1 Å². The average molecular weight is 491 g/mol. The van der Waals surface area contributed by atoms with Gasteiger partial charge in [-0.15, -0.1) is 0 Å². The molecule has 2 bridgehead atoms. The number of aliphatic carboxylic acids is 1. The smallest absolute Gasteiger partial charge is 0.308 e. The van der Waals surface area contributed by atoms with Crippen LogP contribution in [0.25, 0.3) is 0 Å². The highest BCUT2D eigenvalue weighted by atomic mass is 32.2. The van der Waals surface area contributed by atoms with E-state index in [1.165, 1.54) is 0 Å². The molecule has 0 saturated heterocycles. The molecule has 0 amide bonds. The Hall–Kier alpha value is -2.82. The molecule has 2 atom stereocenters. The van der Waals surface area contributed by atoms with Gasteiger partial charge in [-0.2, -0.15) is 4.39 Å². The van der Waals surface area contributed by atoms with Gasteiger partial charge < -0.3 is 16.2 Å². The zero-order valence-corrected chi connectivity index (χ0v) is 20.0. The maximum atomic E-state index is 15.6. The molecule has 182 valence electrons. The molecule has 0 aliphatic heterocycles. The van der Waals surface area contributed by atoms with Crippen molar-refractivity contribution < 1.29 is 18.7 Å². The molecule has 0 radical (unpaired) electrons. The number of carboxylic acid groups (broad SMARTS) is 1. The minimum atomic E-state index is -0.905. The van der Waals surface area contributed by atoms with Gasteiger partial charge >= 0.3 is 5.97 Å². The molecule has 2 heterocycles. The third kappa shape index (κ3) is 4.84. The SMILES string of the molecule is CC(C)(C)Sc1nc(C(=N)c2cc(F)cnc2N)nc(N[C@H]2C3CCC(CC3)[C@@H]2C(=O)O)c1F. The van der Waals surface area contributed by atoms with E-state index in [0.29, 0.717) is 0 Å². The number of aromatic nitrogens is 3. The first kappa shape index (κ1) is 24.3. The van der Waals surface area contributed by atoms with Gasteiger partial charge in [0.15, 0.2) is 17.5 Å². The Bertz CT molecular complexity index is 1130. The van der Waals surface area contributed by atoms with E-state index < -0.39 is 34.3 Å². The van der Waals surface area contributed by atoms with E-state index >= 15 is 4.39 Å². The van der Waals surface area contributed by atoms with Crippen LogP contribution in [0, 0.1) is 34.8 Å². The standard InChI is InChI=1S/C23H28F2N6O2S/c1-23(2,3)34-21-15(25)19(29-17-11-6-4-10(5-7-11)14(17)22(32)33)30-20(31-21)16(26)13-8-12(24)9-28-18(13)27/h8-11,14,17,26H,4-7H2,1-3H3,(H2,27,28)(H,32,33)(H,29,30,31)/t10?,11?,14-,17-/m0/s1. The van der Waals surface area contributed by atoms with E-state index in [-0.39, 0.29) is 45.6 Å². The summed E-state index contributed by atoms with van der Waals surface area (Å²) in [6.45, 7) is 5.69. The predicted molar refractivity (Wildman–Crippen MR) is 126 cm³/mol.